The Morgan fingerprint density at radius 1 is 1.41 bits per heavy atom. The van der Waals surface area contributed by atoms with Crippen molar-refractivity contribution in [3.05, 3.63) is 23.7 Å². The van der Waals surface area contributed by atoms with E-state index in [0.717, 1.165) is 31.7 Å². The highest BCUT2D eigenvalue weighted by Gasteiger charge is 2.21. The molecule has 1 aromatic heterocycles. The average Bonchev–Trinajstić information content (AvgIpc) is 2.77. The smallest absolute Gasteiger partial charge is 0.185 e. The first kappa shape index (κ1) is 12.3. The minimum atomic E-state index is 0.420. The average molecular weight is 236 g/mol. The van der Waals surface area contributed by atoms with E-state index in [1.807, 2.05) is 6.07 Å². The molecule has 4 nitrogen and oxygen atoms in total. The number of hydrogen-bond acceptors (Lipinski definition) is 4. The second-order valence-corrected chi connectivity index (χ2v) is 4.89. The molecule has 1 aromatic rings. The zero-order valence-electron chi connectivity index (χ0n) is 10.6. The van der Waals surface area contributed by atoms with Crippen LogP contribution >= 0.6 is 0 Å². The third-order valence-electron chi connectivity index (χ3n) is 3.47. The van der Waals surface area contributed by atoms with E-state index in [4.69, 9.17) is 4.42 Å². The van der Waals surface area contributed by atoms with Crippen LogP contribution in [0.15, 0.2) is 16.5 Å². The van der Waals surface area contributed by atoms with Crippen molar-refractivity contribution in [3.63, 3.8) is 0 Å². The fraction of sp³-hybridized carbons (Fsp3) is 0.615. The molecule has 0 bridgehead atoms. The second kappa shape index (κ2) is 5.47. The van der Waals surface area contributed by atoms with Crippen molar-refractivity contribution in [1.29, 1.82) is 0 Å². The van der Waals surface area contributed by atoms with Crippen molar-refractivity contribution in [2.45, 2.75) is 25.4 Å². The van der Waals surface area contributed by atoms with Crippen LogP contribution < -0.4 is 0 Å². The SMILES string of the molecule is CN(C)C1CCN(Cc2ccc(C=O)o2)CC1. The maximum absolute atomic E-state index is 10.5. The lowest BCUT2D eigenvalue weighted by molar-refractivity contribution is 0.109. The summed E-state index contributed by atoms with van der Waals surface area (Å²) in [7, 11) is 4.28. The summed E-state index contributed by atoms with van der Waals surface area (Å²) in [6, 6.07) is 4.32. The first-order valence-corrected chi connectivity index (χ1v) is 6.11. The van der Waals surface area contributed by atoms with Gasteiger partial charge in [0.25, 0.3) is 0 Å². The number of nitrogens with zero attached hydrogens (tertiary/aromatic N) is 2. The third-order valence-corrected chi connectivity index (χ3v) is 3.47. The van der Waals surface area contributed by atoms with Gasteiger partial charge in [-0.1, -0.05) is 0 Å². The Morgan fingerprint density at radius 2 is 2.12 bits per heavy atom. The molecular formula is C13H20N2O2. The summed E-state index contributed by atoms with van der Waals surface area (Å²) in [5, 5.41) is 0. The lowest BCUT2D eigenvalue weighted by Crippen LogP contribution is -2.41. The van der Waals surface area contributed by atoms with Crippen LogP contribution in [0.5, 0.6) is 0 Å². The van der Waals surface area contributed by atoms with Crippen LogP contribution in [0.4, 0.5) is 0 Å². The summed E-state index contributed by atoms with van der Waals surface area (Å²) in [6.45, 7) is 3.01. The van der Waals surface area contributed by atoms with E-state index in [-0.39, 0.29) is 0 Å². The molecule has 1 aliphatic rings. The molecular weight excluding hydrogens is 216 g/mol. The van der Waals surface area contributed by atoms with Gasteiger partial charge in [-0.2, -0.15) is 0 Å². The quantitative estimate of drug-likeness (QED) is 0.744. The van der Waals surface area contributed by atoms with E-state index in [9.17, 15) is 4.79 Å². The molecule has 4 heteroatoms. The van der Waals surface area contributed by atoms with E-state index in [1.165, 1.54) is 12.8 Å². The number of furan rings is 1. The first-order chi connectivity index (χ1) is 8.19. The fourth-order valence-corrected chi connectivity index (χ4v) is 2.36. The van der Waals surface area contributed by atoms with Gasteiger partial charge < -0.3 is 9.32 Å². The van der Waals surface area contributed by atoms with Gasteiger partial charge in [-0.3, -0.25) is 9.69 Å². The van der Waals surface area contributed by atoms with Crippen LogP contribution in [0.3, 0.4) is 0 Å². The molecule has 94 valence electrons. The van der Waals surface area contributed by atoms with Crippen LogP contribution in [0.1, 0.15) is 29.2 Å². The minimum absolute atomic E-state index is 0.420. The van der Waals surface area contributed by atoms with Crippen molar-refractivity contribution in [1.82, 2.24) is 9.80 Å². The topological polar surface area (TPSA) is 36.7 Å². The number of carbonyl (C=O) groups is 1. The van der Waals surface area contributed by atoms with Crippen LogP contribution in [0.25, 0.3) is 0 Å². The number of likely N-dealkylation sites (tertiary alicyclic amines) is 1. The molecule has 0 atom stereocenters. The van der Waals surface area contributed by atoms with Gasteiger partial charge in [0, 0.05) is 19.1 Å². The van der Waals surface area contributed by atoms with Crippen molar-refractivity contribution in [2.75, 3.05) is 27.2 Å². The third kappa shape index (κ3) is 3.17. The Bertz CT molecular complexity index is 365. The second-order valence-electron chi connectivity index (χ2n) is 4.89. The number of aldehydes is 1. The molecule has 0 aromatic carbocycles. The van der Waals surface area contributed by atoms with Gasteiger partial charge in [-0.25, -0.2) is 0 Å². The standard InChI is InChI=1S/C13H20N2O2/c1-14(2)11-5-7-15(8-6-11)9-12-3-4-13(10-16)17-12/h3-4,10-11H,5-9H2,1-2H3. The van der Waals surface area contributed by atoms with Gasteiger partial charge >= 0.3 is 0 Å². The zero-order valence-corrected chi connectivity index (χ0v) is 10.6. The van der Waals surface area contributed by atoms with Crippen molar-refractivity contribution >= 4 is 6.29 Å². The highest BCUT2D eigenvalue weighted by molar-refractivity contribution is 5.70. The molecule has 1 fully saturated rings. The summed E-state index contributed by atoms with van der Waals surface area (Å²) >= 11 is 0. The molecule has 0 amide bonds. The van der Waals surface area contributed by atoms with Gasteiger partial charge in [0.15, 0.2) is 12.0 Å². The van der Waals surface area contributed by atoms with E-state index >= 15 is 0 Å². The van der Waals surface area contributed by atoms with Crippen LogP contribution in [0.2, 0.25) is 0 Å². The maximum Gasteiger partial charge on any atom is 0.185 e. The van der Waals surface area contributed by atoms with Gasteiger partial charge in [-0.05, 0) is 39.1 Å². The van der Waals surface area contributed by atoms with Crippen LogP contribution in [0, 0.1) is 0 Å². The van der Waals surface area contributed by atoms with E-state index < -0.39 is 0 Å². The molecule has 0 N–H and O–H groups in total. The van der Waals surface area contributed by atoms with E-state index in [0.29, 0.717) is 11.8 Å². The molecule has 0 saturated carbocycles. The van der Waals surface area contributed by atoms with E-state index in [2.05, 4.69) is 23.9 Å². The highest BCUT2D eigenvalue weighted by Crippen LogP contribution is 2.17. The maximum atomic E-state index is 10.5. The van der Waals surface area contributed by atoms with Crippen LogP contribution in [-0.2, 0) is 6.54 Å². The lowest BCUT2D eigenvalue weighted by atomic mass is 10.0. The first-order valence-electron chi connectivity index (χ1n) is 6.11. The Labute approximate surface area is 102 Å². The van der Waals surface area contributed by atoms with E-state index in [1.54, 1.807) is 6.07 Å². The molecule has 2 rings (SSSR count). The lowest BCUT2D eigenvalue weighted by Gasteiger charge is -2.34. The number of hydrogen-bond donors (Lipinski definition) is 0. The predicted molar refractivity (Wildman–Crippen MR) is 66.1 cm³/mol. The molecule has 0 radical (unpaired) electrons. The Morgan fingerprint density at radius 3 is 2.65 bits per heavy atom. The molecule has 0 spiro atoms. The molecule has 2 heterocycles. The molecule has 1 saturated heterocycles. The molecule has 0 aliphatic carbocycles. The summed E-state index contributed by atoms with van der Waals surface area (Å²) < 4.78 is 5.39. The van der Waals surface area contributed by atoms with Crippen LogP contribution in [-0.4, -0.2) is 49.3 Å². The highest BCUT2D eigenvalue weighted by atomic mass is 16.3. The Hall–Kier alpha value is -1.13. The molecule has 0 unspecified atom stereocenters. The van der Waals surface area contributed by atoms with Gasteiger partial charge in [0.2, 0.25) is 0 Å². The largest absolute Gasteiger partial charge is 0.457 e. The summed E-state index contributed by atoms with van der Waals surface area (Å²) in [6.07, 6.45) is 3.16. The van der Waals surface area contributed by atoms with Crippen molar-refractivity contribution < 1.29 is 9.21 Å². The summed E-state index contributed by atoms with van der Waals surface area (Å²) in [5.74, 6) is 1.30. The van der Waals surface area contributed by atoms with Crippen molar-refractivity contribution in [3.8, 4) is 0 Å². The zero-order chi connectivity index (χ0) is 12.3. The number of rotatable bonds is 4. The Balaban J connectivity index is 1.83. The predicted octanol–water partition coefficient (Wildman–Crippen LogP) is 1.62. The van der Waals surface area contributed by atoms with Crippen molar-refractivity contribution in [2.24, 2.45) is 0 Å². The minimum Gasteiger partial charge on any atom is -0.457 e. The monoisotopic (exact) mass is 236 g/mol. The van der Waals surface area contributed by atoms with Gasteiger partial charge in [0.05, 0.1) is 6.54 Å². The summed E-state index contributed by atoms with van der Waals surface area (Å²) in [5.41, 5.74) is 0. The normalized spacial score (nSPS) is 18.8. The Kier molecular flexibility index (Phi) is 3.97. The number of carbonyl (C=O) groups excluding carboxylic acids is 1. The number of piperidine rings is 1. The fourth-order valence-electron chi connectivity index (χ4n) is 2.36. The van der Waals surface area contributed by atoms with Gasteiger partial charge in [0.1, 0.15) is 5.76 Å². The summed E-state index contributed by atoms with van der Waals surface area (Å²) in [4.78, 5) is 15.2. The van der Waals surface area contributed by atoms with Gasteiger partial charge in [-0.15, -0.1) is 0 Å². The molecule has 1 aliphatic heterocycles. The molecule has 17 heavy (non-hydrogen) atoms.